The Kier molecular flexibility index (Phi) is 5.14. The largest absolute Gasteiger partial charge is 0.329 e. The molecule has 2 aromatic rings. The molecule has 1 aliphatic rings. The zero-order chi connectivity index (χ0) is 17.1. The van der Waals surface area contributed by atoms with Crippen LogP contribution in [0.2, 0.25) is 0 Å². The van der Waals surface area contributed by atoms with Crippen LogP contribution in [0.4, 0.5) is 9.18 Å². The van der Waals surface area contributed by atoms with Crippen LogP contribution in [0.3, 0.4) is 0 Å². The number of benzene rings is 1. The molecule has 6 heteroatoms. The molecule has 1 fully saturated rings. The van der Waals surface area contributed by atoms with Crippen molar-refractivity contribution >= 4 is 17.4 Å². The minimum Gasteiger partial charge on any atom is -0.329 e. The summed E-state index contributed by atoms with van der Waals surface area (Å²) in [7, 11) is 0. The highest BCUT2D eigenvalue weighted by atomic mass is 32.1. The second kappa shape index (κ2) is 7.30. The number of rotatable bonds is 5. The van der Waals surface area contributed by atoms with E-state index in [0.29, 0.717) is 12.1 Å². The van der Waals surface area contributed by atoms with Gasteiger partial charge in [-0.05, 0) is 39.2 Å². The van der Waals surface area contributed by atoms with Gasteiger partial charge in [-0.2, -0.15) is 0 Å². The molecular weight excluding hydrogens is 325 g/mol. The summed E-state index contributed by atoms with van der Waals surface area (Å²) in [5.74, 6) is -0.266. The van der Waals surface area contributed by atoms with Gasteiger partial charge in [-0.25, -0.2) is 14.2 Å². The summed E-state index contributed by atoms with van der Waals surface area (Å²) in [5.41, 5.74) is 0.553. The average molecular weight is 347 g/mol. The predicted octanol–water partition coefficient (Wildman–Crippen LogP) is 4.42. The van der Waals surface area contributed by atoms with Crippen molar-refractivity contribution in [3.63, 3.8) is 0 Å². The molecule has 0 unspecified atom stereocenters. The van der Waals surface area contributed by atoms with E-state index in [9.17, 15) is 9.18 Å². The molecule has 3 rings (SSSR count). The van der Waals surface area contributed by atoms with E-state index in [2.05, 4.69) is 10.3 Å². The van der Waals surface area contributed by atoms with Crippen LogP contribution in [0, 0.1) is 12.7 Å². The molecule has 1 aromatic heterocycles. The first-order valence-electron chi connectivity index (χ1n) is 8.27. The number of thiazole rings is 1. The number of amides is 2. The number of nitrogens with zero attached hydrogens (tertiary/aromatic N) is 2. The van der Waals surface area contributed by atoms with Crippen molar-refractivity contribution in [2.24, 2.45) is 0 Å². The molecule has 0 bridgehead atoms. The number of carbonyl (C=O) groups is 1. The average Bonchev–Trinajstić information content (AvgIpc) is 2.93. The van der Waals surface area contributed by atoms with Gasteiger partial charge in [0, 0.05) is 22.7 Å². The molecule has 0 aliphatic heterocycles. The van der Waals surface area contributed by atoms with E-state index in [4.69, 9.17) is 0 Å². The van der Waals surface area contributed by atoms with E-state index in [1.807, 2.05) is 20.0 Å². The van der Waals surface area contributed by atoms with E-state index in [0.717, 1.165) is 29.1 Å². The highest BCUT2D eigenvalue weighted by molar-refractivity contribution is 7.11. The molecule has 1 saturated carbocycles. The molecule has 2 amide bonds. The lowest BCUT2D eigenvalue weighted by Gasteiger charge is -2.38. The smallest absolute Gasteiger partial charge is 0.318 e. The Morgan fingerprint density at radius 3 is 2.79 bits per heavy atom. The van der Waals surface area contributed by atoms with Crippen molar-refractivity contribution in [1.29, 1.82) is 0 Å². The SMILES string of the molecule is Cc1cnc([C@H](C)NC(=O)N(Cc2ccccc2F)C2CCC2)s1. The maximum Gasteiger partial charge on any atom is 0.318 e. The van der Waals surface area contributed by atoms with Crippen LogP contribution in [0.25, 0.3) is 0 Å². The van der Waals surface area contributed by atoms with Crippen LogP contribution in [0.15, 0.2) is 30.5 Å². The Hall–Kier alpha value is -1.95. The second-order valence-corrected chi connectivity index (χ2v) is 7.55. The molecule has 128 valence electrons. The van der Waals surface area contributed by atoms with E-state index >= 15 is 0 Å². The van der Waals surface area contributed by atoms with Crippen LogP contribution in [-0.4, -0.2) is 22.0 Å². The monoisotopic (exact) mass is 347 g/mol. The second-order valence-electron chi connectivity index (χ2n) is 6.28. The Bertz CT molecular complexity index is 714. The molecule has 0 saturated heterocycles. The lowest BCUT2D eigenvalue weighted by Crippen LogP contribution is -2.49. The zero-order valence-corrected chi connectivity index (χ0v) is 14.8. The summed E-state index contributed by atoms with van der Waals surface area (Å²) < 4.78 is 14.0. The fourth-order valence-electron chi connectivity index (χ4n) is 2.78. The van der Waals surface area contributed by atoms with Crippen molar-refractivity contribution in [2.75, 3.05) is 0 Å². The third kappa shape index (κ3) is 3.75. The van der Waals surface area contributed by atoms with Gasteiger partial charge in [-0.1, -0.05) is 18.2 Å². The van der Waals surface area contributed by atoms with Crippen molar-refractivity contribution in [1.82, 2.24) is 15.2 Å². The zero-order valence-electron chi connectivity index (χ0n) is 14.0. The Morgan fingerprint density at radius 1 is 1.46 bits per heavy atom. The fourth-order valence-corrected chi connectivity index (χ4v) is 3.55. The van der Waals surface area contributed by atoms with Crippen LogP contribution >= 0.6 is 11.3 Å². The first-order valence-corrected chi connectivity index (χ1v) is 9.09. The van der Waals surface area contributed by atoms with Crippen molar-refractivity contribution in [2.45, 2.75) is 51.7 Å². The first kappa shape index (κ1) is 16.9. The summed E-state index contributed by atoms with van der Waals surface area (Å²) in [6.45, 7) is 4.22. The number of nitrogens with one attached hydrogen (secondary N) is 1. The van der Waals surface area contributed by atoms with E-state index in [1.165, 1.54) is 6.07 Å². The molecule has 1 N–H and O–H groups in total. The predicted molar refractivity (Wildman–Crippen MR) is 93.4 cm³/mol. The number of halogens is 1. The highest BCUT2D eigenvalue weighted by Crippen LogP contribution is 2.28. The van der Waals surface area contributed by atoms with Crippen molar-refractivity contribution in [3.05, 3.63) is 51.7 Å². The number of urea groups is 1. The summed E-state index contributed by atoms with van der Waals surface area (Å²) >= 11 is 1.58. The third-order valence-electron chi connectivity index (χ3n) is 4.42. The van der Waals surface area contributed by atoms with Crippen LogP contribution < -0.4 is 5.32 Å². The number of hydrogen-bond acceptors (Lipinski definition) is 3. The van der Waals surface area contributed by atoms with E-state index < -0.39 is 0 Å². The molecule has 1 heterocycles. The molecule has 24 heavy (non-hydrogen) atoms. The summed E-state index contributed by atoms with van der Waals surface area (Å²) in [4.78, 5) is 20.0. The van der Waals surface area contributed by atoms with Gasteiger partial charge in [0.15, 0.2) is 0 Å². The quantitative estimate of drug-likeness (QED) is 0.870. The molecule has 1 aromatic carbocycles. The van der Waals surface area contributed by atoms with Crippen LogP contribution in [-0.2, 0) is 6.54 Å². The topological polar surface area (TPSA) is 45.2 Å². The van der Waals surface area contributed by atoms with Crippen molar-refractivity contribution < 1.29 is 9.18 Å². The number of aryl methyl sites for hydroxylation is 1. The van der Waals surface area contributed by atoms with Gasteiger partial charge in [-0.15, -0.1) is 11.3 Å². The molecule has 1 aliphatic carbocycles. The maximum atomic E-state index is 14.0. The summed E-state index contributed by atoms with van der Waals surface area (Å²) in [5, 5.41) is 3.90. The summed E-state index contributed by atoms with van der Waals surface area (Å²) in [6, 6.07) is 6.53. The Labute approximate surface area is 145 Å². The van der Waals surface area contributed by atoms with E-state index in [-0.39, 0.29) is 23.9 Å². The molecule has 4 nitrogen and oxygen atoms in total. The lowest BCUT2D eigenvalue weighted by molar-refractivity contribution is 0.130. The van der Waals surface area contributed by atoms with Gasteiger partial charge in [0.25, 0.3) is 0 Å². The normalized spacial score (nSPS) is 15.6. The minimum atomic E-state index is -0.266. The van der Waals surface area contributed by atoms with Gasteiger partial charge in [-0.3, -0.25) is 0 Å². The van der Waals surface area contributed by atoms with E-state index in [1.54, 1.807) is 34.4 Å². The van der Waals surface area contributed by atoms with Crippen LogP contribution in [0.5, 0.6) is 0 Å². The van der Waals surface area contributed by atoms with Gasteiger partial charge < -0.3 is 10.2 Å². The molecular formula is C18H22FN3OS. The first-order chi connectivity index (χ1) is 11.5. The summed E-state index contributed by atoms with van der Waals surface area (Å²) in [6.07, 6.45) is 4.89. The van der Waals surface area contributed by atoms with Crippen molar-refractivity contribution in [3.8, 4) is 0 Å². The van der Waals surface area contributed by atoms with Gasteiger partial charge in [0.1, 0.15) is 10.8 Å². The number of carbonyl (C=O) groups excluding carboxylic acids is 1. The fraction of sp³-hybridized carbons (Fsp3) is 0.444. The maximum absolute atomic E-state index is 14.0. The van der Waals surface area contributed by atoms with Gasteiger partial charge in [0.05, 0.1) is 12.6 Å². The third-order valence-corrected chi connectivity index (χ3v) is 5.52. The standard InChI is InChI=1S/C18H22FN3OS/c1-12-10-20-17(24-12)13(2)21-18(23)22(15-7-5-8-15)11-14-6-3-4-9-16(14)19/h3-4,6,9-10,13,15H,5,7-8,11H2,1-2H3,(H,21,23)/t13-/m0/s1. The Morgan fingerprint density at radius 2 is 2.21 bits per heavy atom. The van der Waals surface area contributed by atoms with Crippen LogP contribution in [0.1, 0.15) is 47.7 Å². The molecule has 1 atom stereocenters. The Balaban J connectivity index is 1.71. The molecule has 0 spiro atoms. The number of hydrogen-bond donors (Lipinski definition) is 1. The van der Waals surface area contributed by atoms with Gasteiger partial charge >= 0.3 is 6.03 Å². The van der Waals surface area contributed by atoms with Gasteiger partial charge in [0.2, 0.25) is 0 Å². The molecule has 0 radical (unpaired) electrons. The minimum absolute atomic E-state index is 0.150. The lowest BCUT2D eigenvalue weighted by atomic mass is 9.91. The number of aromatic nitrogens is 1. The highest BCUT2D eigenvalue weighted by Gasteiger charge is 2.30.